The molecular formula is C16H24N2O2. The number of aryl methyl sites for hydroxylation is 1. The Labute approximate surface area is 120 Å². The van der Waals surface area contributed by atoms with Crippen LogP contribution in [0, 0.1) is 0 Å². The predicted octanol–water partition coefficient (Wildman–Crippen LogP) is 2.19. The first-order valence-electron chi connectivity index (χ1n) is 7.40. The Hall–Kier alpha value is -1.55. The summed E-state index contributed by atoms with van der Waals surface area (Å²) in [6, 6.07) is 6.63. The van der Waals surface area contributed by atoms with Crippen molar-refractivity contribution in [2.24, 2.45) is 0 Å². The van der Waals surface area contributed by atoms with E-state index in [0.29, 0.717) is 6.04 Å². The third-order valence-electron chi connectivity index (χ3n) is 3.76. The number of rotatable bonds is 6. The Morgan fingerprint density at radius 2 is 2.30 bits per heavy atom. The Morgan fingerprint density at radius 3 is 3.00 bits per heavy atom. The molecule has 2 rings (SSSR count). The zero-order chi connectivity index (χ0) is 14.5. The highest BCUT2D eigenvalue weighted by molar-refractivity contribution is 5.80. The predicted molar refractivity (Wildman–Crippen MR) is 80.0 cm³/mol. The fraction of sp³-hybridized carbons (Fsp3) is 0.562. The van der Waals surface area contributed by atoms with Gasteiger partial charge in [0.15, 0.2) is 6.10 Å². The van der Waals surface area contributed by atoms with Crippen LogP contribution in [-0.2, 0) is 11.2 Å². The van der Waals surface area contributed by atoms with Gasteiger partial charge < -0.3 is 15.4 Å². The second-order valence-corrected chi connectivity index (χ2v) is 5.28. The number of benzene rings is 1. The summed E-state index contributed by atoms with van der Waals surface area (Å²) < 4.78 is 5.68. The summed E-state index contributed by atoms with van der Waals surface area (Å²) in [5.41, 5.74) is 2.71. The molecule has 0 bridgehead atoms. The lowest BCUT2D eigenvalue weighted by molar-refractivity contribution is -0.126. The highest BCUT2D eigenvalue weighted by Gasteiger charge is 2.22. The van der Waals surface area contributed by atoms with Gasteiger partial charge in [-0.25, -0.2) is 0 Å². The molecule has 4 heteroatoms. The molecule has 0 saturated heterocycles. The lowest BCUT2D eigenvalue weighted by Gasteiger charge is -2.16. The molecular weight excluding hydrogens is 252 g/mol. The minimum absolute atomic E-state index is 0.104. The molecule has 1 aliphatic carbocycles. The number of hydrogen-bond donors (Lipinski definition) is 2. The van der Waals surface area contributed by atoms with Gasteiger partial charge in [0.1, 0.15) is 5.75 Å². The van der Waals surface area contributed by atoms with E-state index in [4.69, 9.17) is 4.74 Å². The van der Waals surface area contributed by atoms with Gasteiger partial charge in [0.25, 0.3) is 5.91 Å². The monoisotopic (exact) mass is 276 g/mol. The summed E-state index contributed by atoms with van der Waals surface area (Å²) in [6.45, 7) is 4.99. The summed E-state index contributed by atoms with van der Waals surface area (Å²) in [6.07, 6.45) is 2.90. The van der Waals surface area contributed by atoms with Crippen LogP contribution in [0.1, 0.15) is 43.9 Å². The molecule has 1 aliphatic rings. The van der Waals surface area contributed by atoms with Gasteiger partial charge in [0.2, 0.25) is 0 Å². The molecule has 0 aromatic heterocycles. The number of amides is 1. The van der Waals surface area contributed by atoms with E-state index < -0.39 is 6.10 Å². The van der Waals surface area contributed by atoms with E-state index in [1.54, 1.807) is 14.0 Å². The van der Waals surface area contributed by atoms with Crippen LogP contribution in [0.3, 0.4) is 0 Å². The van der Waals surface area contributed by atoms with Crippen LogP contribution in [-0.4, -0.2) is 25.6 Å². The molecule has 4 nitrogen and oxygen atoms in total. The van der Waals surface area contributed by atoms with Crippen LogP contribution in [0.4, 0.5) is 0 Å². The molecule has 20 heavy (non-hydrogen) atoms. The van der Waals surface area contributed by atoms with Crippen molar-refractivity contribution in [3.05, 3.63) is 29.3 Å². The molecule has 1 amide bonds. The molecule has 0 fully saturated rings. The van der Waals surface area contributed by atoms with Gasteiger partial charge in [-0.15, -0.1) is 0 Å². The van der Waals surface area contributed by atoms with Crippen molar-refractivity contribution in [3.63, 3.8) is 0 Å². The minimum atomic E-state index is -0.464. The number of fused-ring (bicyclic) bond motifs is 1. The van der Waals surface area contributed by atoms with Crippen LogP contribution < -0.4 is 15.4 Å². The minimum Gasteiger partial charge on any atom is -0.481 e. The summed E-state index contributed by atoms with van der Waals surface area (Å²) in [4.78, 5) is 11.5. The number of hydrogen-bond acceptors (Lipinski definition) is 3. The van der Waals surface area contributed by atoms with Crippen LogP contribution in [0.5, 0.6) is 5.75 Å². The standard InChI is InChI=1S/C16H24N2O2/c1-4-9-18-15-8-5-12-10-13(6-7-14(12)15)20-11(2)16(19)17-3/h6-7,10-11,15,18H,4-5,8-9H2,1-3H3,(H,17,19). The van der Waals surface area contributed by atoms with Crippen LogP contribution in [0.15, 0.2) is 18.2 Å². The van der Waals surface area contributed by atoms with Gasteiger partial charge in [-0.1, -0.05) is 13.0 Å². The van der Waals surface area contributed by atoms with E-state index in [1.165, 1.54) is 11.1 Å². The molecule has 2 atom stereocenters. The number of likely N-dealkylation sites (N-methyl/N-ethyl adjacent to an activating group) is 1. The first kappa shape index (κ1) is 14.9. The summed E-state index contributed by atoms with van der Waals surface area (Å²) in [5, 5.41) is 6.16. The van der Waals surface area contributed by atoms with Crippen molar-refractivity contribution in [3.8, 4) is 5.75 Å². The lowest BCUT2D eigenvalue weighted by atomic mass is 10.1. The van der Waals surface area contributed by atoms with Gasteiger partial charge in [0, 0.05) is 13.1 Å². The SMILES string of the molecule is CCCNC1CCc2cc(OC(C)C(=O)NC)ccc21. The number of nitrogens with one attached hydrogen (secondary N) is 2. The van der Waals surface area contributed by atoms with Gasteiger partial charge >= 0.3 is 0 Å². The van der Waals surface area contributed by atoms with E-state index in [2.05, 4.69) is 29.7 Å². The highest BCUT2D eigenvalue weighted by Crippen LogP contribution is 2.33. The Morgan fingerprint density at radius 1 is 1.50 bits per heavy atom. The first-order valence-corrected chi connectivity index (χ1v) is 7.40. The quantitative estimate of drug-likeness (QED) is 0.837. The van der Waals surface area contributed by atoms with Crippen molar-refractivity contribution in [1.29, 1.82) is 0 Å². The van der Waals surface area contributed by atoms with Crippen molar-refractivity contribution in [2.75, 3.05) is 13.6 Å². The van der Waals surface area contributed by atoms with E-state index in [1.807, 2.05) is 6.07 Å². The number of ether oxygens (including phenoxy) is 1. The second-order valence-electron chi connectivity index (χ2n) is 5.28. The fourth-order valence-electron chi connectivity index (χ4n) is 2.66. The van der Waals surface area contributed by atoms with Crippen molar-refractivity contribution < 1.29 is 9.53 Å². The van der Waals surface area contributed by atoms with Crippen molar-refractivity contribution in [2.45, 2.75) is 45.3 Å². The maximum Gasteiger partial charge on any atom is 0.260 e. The highest BCUT2D eigenvalue weighted by atomic mass is 16.5. The van der Waals surface area contributed by atoms with Gasteiger partial charge in [0.05, 0.1) is 0 Å². The van der Waals surface area contributed by atoms with Crippen LogP contribution in [0.25, 0.3) is 0 Å². The van der Waals surface area contributed by atoms with Gasteiger partial charge in [-0.3, -0.25) is 4.79 Å². The van der Waals surface area contributed by atoms with Crippen molar-refractivity contribution in [1.82, 2.24) is 10.6 Å². The molecule has 0 heterocycles. The number of carbonyl (C=O) groups is 1. The fourth-order valence-corrected chi connectivity index (χ4v) is 2.66. The Kier molecular flexibility index (Phi) is 5.01. The normalized spacial score (nSPS) is 18.4. The maximum atomic E-state index is 11.5. The molecule has 0 spiro atoms. The summed E-state index contributed by atoms with van der Waals surface area (Å²) >= 11 is 0. The lowest BCUT2D eigenvalue weighted by Crippen LogP contribution is -2.33. The largest absolute Gasteiger partial charge is 0.481 e. The molecule has 0 radical (unpaired) electrons. The molecule has 0 aliphatic heterocycles. The third kappa shape index (κ3) is 3.31. The molecule has 0 saturated carbocycles. The topological polar surface area (TPSA) is 50.4 Å². The smallest absolute Gasteiger partial charge is 0.260 e. The van der Waals surface area contributed by atoms with Gasteiger partial charge in [-0.05, 0) is 56.0 Å². The molecule has 110 valence electrons. The van der Waals surface area contributed by atoms with E-state index in [0.717, 1.165) is 31.6 Å². The van der Waals surface area contributed by atoms with Crippen LogP contribution >= 0.6 is 0 Å². The molecule has 1 aromatic rings. The molecule has 2 unspecified atom stereocenters. The maximum absolute atomic E-state index is 11.5. The summed E-state index contributed by atoms with van der Waals surface area (Å²) in [7, 11) is 1.62. The Balaban J connectivity index is 2.04. The molecule has 1 aromatic carbocycles. The Bertz CT molecular complexity index is 474. The van der Waals surface area contributed by atoms with E-state index in [9.17, 15) is 4.79 Å². The third-order valence-corrected chi connectivity index (χ3v) is 3.76. The average Bonchev–Trinajstić information content (AvgIpc) is 2.86. The summed E-state index contributed by atoms with van der Waals surface area (Å²) in [5.74, 6) is 0.670. The zero-order valence-corrected chi connectivity index (χ0v) is 12.5. The molecule has 2 N–H and O–H groups in total. The van der Waals surface area contributed by atoms with Gasteiger partial charge in [-0.2, -0.15) is 0 Å². The average molecular weight is 276 g/mol. The zero-order valence-electron chi connectivity index (χ0n) is 12.5. The van der Waals surface area contributed by atoms with E-state index in [-0.39, 0.29) is 5.91 Å². The van der Waals surface area contributed by atoms with Crippen molar-refractivity contribution >= 4 is 5.91 Å². The number of carbonyl (C=O) groups excluding carboxylic acids is 1. The van der Waals surface area contributed by atoms with E-state index >= 15 is 0 Å². The second kappa shape index (κ2) is 6.75. The van der Waals surface area contributed by atoms with Crippen LogP contribution in [0.2, 0.25) is 0 Å². The first-order chi connectivity index (χ1) is 9.65.